The van der Waals surface area contributed by atoms with E-state index in [2.05, 4.69) is 12.2 Å². The predicted octanol–water partition coefficient (Wildman–Crippen LogP) is 1.31. The lowest BCUT2D eigenvalue weighted by molar-refractivity contribution is 0.0937. The van der Waals surface area contributed by atoms with Crippen molar-refractivity contribution in [3.8, 4) is 0 Å². The van der Waals surface area contributed by atoms with Crippen LogP contribution in [0.25, 0.3) is 0 Å². The standard InChI is InChI=1S/C13H19NO2/c1-13(7-4-8-14-13)11-6-3-2-5-10(11)12(16)9-15/h2-3,5-6,12,14-16H,4,7-9H2,1H3. The van der Waals surface area contributed by atoms with Gasteiger partial charge in [-0.1, -0.05) is 24.3 Å². The van der Waals surface area contributed by atoms with Crippen molar-refractivity contribution in [2.45, 2.75) is 31.4 Å². The zero-order valence-corrected chi connectivity index (χ0v) is 9.61. The largest absolute Gasteiger partial charge is 0.393 e. The smallest absolute Gasteiger partial charge is 0.102 e. The first kappa shape index (κ1) is 11.6. The summed E-state index contributed by atoms with van der Waals surface area (Å²) in [5.74, 6) is 0. The molecule has 2 rings (SSSR count). The van der Waals surface area contributed by atoms with Gasteiger partial charge in [0.1, 0.15) is 6.10 Å². The van der Waals surface area contributed by atoms with Crippen LogP contribution in [-0.4, -0.2) is 23.4 Å². The lowest BCUT2D eigenvalue weighted by Crippen LogP contribution is -2.34. The molecule has 3 heteroatoms. The van der Waals surface area contributed by atoms with Crippen molar-refractivity contribution in [1.82, 2.24) is 5.32 Å². The molecule has 0 radical (unpaired) electrons. The molecule has 0 bridgehead atoms. The molecular formula is C13H19NO2. The van der Waals surface area contributed by atoms with Crippen LogP contribution in [0.1, 0.15) is 37.0 Å². The summed E-state index contributed by atoms with van der Waals surface area (Å²) in [6.45, 7) is 2.94. The van der Waals surface area contributed by atoms with Gasteiger partial charge in [0.25, 0.3) is 0 Å². The normalized spacial score (nSPS) is 26.9. The van der Waals surface area contributed by atoms with Crippen molar-refractivity contribution in [3.05, 3.63) is 35.4 Å². The van der Waals surface area contributed by atoms with E-state index in [1.165, 1.54) is 0 Å². The van der Waals surface area contributed by atoms with Crippen LogP contribution in [0, 0.1) is 0 Å². The van der Waals surface area contributed by atoms with Crippen molar-refractivity contribution < 1.29 is 10.2 Å². The number of hydrogen-bond acceptors (Lipinski definition) is 3. The molecule has 0 spiro atoms. The summed E-state index contributed by atoms with van der Waals surface area (Å²) in [6, 6.07) is 7.80. The third kappa shape index (κ3) is 1.98. The van der Waals surface area contributed by atoms with Crippen LogP contribution in [0.4, 0.5) is 0 Å². The molecule has 1 aromatic carbocycles. The monoisotopic (exact) mass is 221 g/mol. The molecule has 0 saturated carbocycles. The van der Waals surface area contributed by atoms with Crippen molar-refractivity contribution >= 4 is 0 Å². The molecule has 88 valence electrons. The molecule has 1 saturated heterocycles. The summed E-state index contributed by atoms with van der Waals surface area (Å²) in [5, 5.41) is 22.4. The zero-order valence-electron chi connectivity index (χ0n) is 9.61. The number of aliphatic hydroxyl groups excluding tert-OH is 2. The SMILES string of the molecule is CC1(c2ccccc2C(O)CO)CCCN1. The second kappa shape index (κ2) is 4.53. The molecule has 0 aromatic heterocycles. The molecule has 2 unspecified atom stereocenters. The van der Waals surface area contributed by atoms with E-state index >= 15 is 0 Å². The summed E-state index contributed by atoms with van der Waals surface area (Å²) in [7, 11) is 0. The lowest BCUT2D eigenvalue weighted by atomic mass is 9.85. The number of benzene rings is 1. The van der Waals surface area contributed by atoms with Crippen LogP contribution in [0.3, 0.4) is 0 Å². The van der Waals surface area contributed by atoms with Gasteiger partial charge in [0.15, 0.2) is 0 Å². The minimum absolute atomic E-state index is 0.0628. The lowest BCUT2D eigenvalue weighted by Gasteiger charge is -2.29. The van der Waals surface area contributed by atoms with Gasteiger partial charge in [0.05, 0.1) is 6.61 Å². The third-order valence-corrected chi connectivity index (χ3v) is 3.46. The van der Waals surface area contributed by atoms with E-state index in [-0.39, 0.29) is 12.1 Å². The maximum absolute atomic E-state index is 9.81. The highest BCUT2D eigenvalue weighted by atomic mass is 16.3. The summed E-state index contributed by atoms with van der Waals surface area (Å²) < 4.78 is 0. The quantitative estimate of drug-likeness (QED) is 0.721. The van der Waals surface area contributed by atoms with E-state index in [4.69, 9.17) is 5.11 Å². The average Bonchev–Trinajstić information content (AvgIpc) is 2.76. The Bertz CT molecular complexity index is 359. The topological polar surface area (TPSA) is 52.5 Å². The molecule has 0 amide bonds. The van der Waals surface area contributed by atoms with E-state index in [1.807, 2.05) is 24.3 Å². The molecule has 1 aromatic rings. The zero-order chi connectivity index (χ0) is 11.6. The molecule has 1 heterocycles. The molecule has 1 aliphatic heterocycles. The first-order chi connectivity index (χ1) is 7.67. The van der Waals surface area contributed by atoms with Gasteiger partial charge in [-0.05, 0) is 37.4 Å². The van der Waals surface area contributed by atoms with Gasteiger partial charge in [-0.2, -0.15) is 0 Å². The minimum atomic E-state index is -0.782. The summed E-state index contributed by atoms with van der Waals surface area (Å²) >= 11 is 0. The van der Waals surface area contributed by atoms with Crippen LogP contribution in [0.15, 0.2) is 24.3 Å². The number of aliphatic hydroxyl groups is 2. The highest BCUT2D eigenvalue weighted by Gasteiger charge is 2.32. The van der Waals surface area contributed by atoms with Gasteiger partial charge in [-0.15, -0.1) is 0 Å². The molecule has 16 heavy (non-hydrogen) atoms. The fourth-order valence-electron chi connectivity index (χ4n) is 2.51. The van der Waals surface area contributed by atoms with Crippen molar-refractivity contribution in [2.75, 3.05) is 13.2 Å². The molecule has 3 nitrogen and oxygen atoms in total. The first-order valence-corrected chi connectivity index (χ1v) is 5.81. The minimum Gasteiger partial charge on any atom is -0.393 e. The first-order valence-electron chi connectivity index (χ1n) is 5.81. The summed E-state index contributed by atoms with van der Waals surface area (Å²) in [5.41, 5.74) is 1.88. The van der Waals surface area contributed by atoms with E-state index < -0.39 is 6.10 Å². The molecule has 0 aliphatic carbocycles. The second-order valence-corrected chi connectivity index (χ2v) is 4.65. The Morgan fingerprint density at radius 3 is 2.81 bits per heavy atom. The van der Waals surface area contributed by atoms with Crippen LogP contribution < -0.4 is 5.32 Å². The summed E-state index contributed by atoms with van der Waals surface area (Å²) in [4.78, 5) is 0. The number of hydrogen-bond donors (Lipinski definition) is 3. The van der Waals surface area contributed by atoms with E-state index in [0.717, 1.165) is 30.5 Å². The maximum Gasteiger partial charge on any atom is 0.102 e. The van der Waals surface area contributed by atoms with E-state index in [9.17, 15) is 5.11 Å². The fourth-order valence-corrected chi connectivity index (χ4v) is 2.51. The Morgan fingerprint density at radius 2 is 2.19 bits per heavy atom. The van der Waals surface area contributed by atoms with Crippen LogP contribution in [0.5, 0.6) is 0 Å². The van der Waals surface area contributed by atoms with E-state index in [1.54, 1.807) is 0 Å². The number of rotatable bonds is 3. The van der Waals surface area contributed by atoms with Crippen LogP contribution in [-0.2, 0) is 5.54 Å². The van der Waals surface area contributed by atoms with E-state index in [0.29, 0.717) is 0 Å². The molecular weight excluding hydrogens is 202 g/mol. The highest BCUT2D eigenvalue weighted by molar-refractivity contribution is 5.35. The van der Waals surface area contributed by atoms with Crippen LogP contribution in [0.2, 0.25) is 0 Å². The summed E-state index contributed by atoms with van der Waals surface area (Å²) in [6.07, 6.45) is 1.44. The maximum atomic E-state index is 9.81. The Morgan fingerprint density at radius 1 is 1.44 bits per heavy atom. The van der Waals surface area contributed by atoms with Crippen molar-refractivity contribution in [3.63, 3.8) is 0 Å². The van der Waals surface area contributed by atoms with Gasteiger partial charge >= 0.3 is 0 Å². The van der Waals surface area contributed by atoms with Crippen LogP contribution >= 0.6 is 0 Å². The van der Waals surface area contributed by atoms with Gasteiger partial charge in [0.2, 0.25) is 0 Å². The highest BCUT2D eigenvalue weighted by Crippen LogP contribution is 2.34. The Hall–Kier alpha value is -0.900. The molecule has 2 atom stereocenters. The Kier molecular flexibility index (Phi) is 3.28. The third-order valence-electron chi connectivity index (χ3n) is 3.46. The van der Waals surface area contributed by atoms with Crippen molar-refractivity contribution in [2.24, 2.45) is 0 Å². The number of nitrogens with one attached hydrogen (secondary N) is 1. The van der Waals surface area contributed by atoms with Gasteiger partial charge in [-0.3, -0.25) is 0 Å². The molecule has 1 fully saturated rings. The predicted molar refractivity (Wildman–Crippen MR) is 63.1 cm³/mol. The van der Waals surface area contributed by atoms with Gasteiger partial charge < -0.3 is 15.5 Å². The van der Waals surface area contributed by atoms with Gasteiger partial charge in [0, 0.05) is 5.54 Å². The average molecular weight is 221 g/mol. The molecule has 3 N–H and O–H groups in total. The fraction of sp³-hybridized carbons (Fsp3) is 0.538. The van der Waals surface area contributed by atoms with Gasteiger partial charge in [-0.25, -0.2) is 0 Å². The second-order valence-electron chi connectivity index (χ2n) is 4.65. The van der Waals surface area contributed by atoms with Crippen molar-refractivity contribution in [1.29, 1.82) is 0 Å². The molecule has 1 aliphatic rings. The Balaban J connectivity index is 2.39. The Labute approximate surface area is 96.1 Å².